The quantitative estimate of drug-likeness (QED) is 0.511. The number of carbonyl (C=O) groups is 1. The molecule has 1 aromatic carbocycles. The largest absolute Gasteiger partial charge is 0.348 e. The number of hydrogen-bond acceptors (Lipinski definition) is 8. The second kappa shape index (κ2) is 7.70. The average Bonchev–Trinajstić information content (AvgIpc) is 3.05. The van der Waals surface area contributed by atoms with Crippen LogP contribution in [-0.4, -0.2) is 36.0 Å². The van der Waals surface area contributed by atoms with Gasteiger partial charge in [0.25, 0.3) is 11.6 Å². The first kappa shape index (κ1) is 17.5. The van der Waals surface area contributed by atoms with Crippen molar-refractivity contribution in [2.45, 2.75) is 16.6 Å². The summed E-state index contributed by atoms with van der Waals surface area (Å²) in [6, 6.07) is 7.86. The summed E-state index contributed by atoms with van der Waals surface area (Å²) in [6.45, 7) is 0.279. The molecule has 2 aromatic heterocycles. The fourth-order valence-corrected chi connectivity index (χ4v) is 2.90. The van der Waals surface area contributed by atoms with Crippen molar-refractivity contribution in [2.24, 2.45) is 7.05 Å². The molecule has 11 heteroatoms. The van der Waals surface area contributed by atoms with Crippen LogP contribution in [0.1, 0.15) is 15.9 Å². The molecule has 10 nitrogen and oxygen atoms in total. The van der Waals surface area contributed by atoms with E-state index in [0.29, 0.717) is 10.1 Å². The van der Waals surface area contributed by atoms with E-state index in [1.807, 2.05) is 6.07 Å². The summed E-state index contributed by atoms with van der Waals surface area (Å²) in [5.41, 5.74) is 0.838. The van der Waals surface area contributed by atoms with Crippen molar-refractivity contribution < 1.29 is 9.72 Å². The second-order valence-corrected chi connectivity index (χ2v) is 6.18. The normalized spacial score (nSPS) is 10.5. The van der Waals surface area contributed by atoms with Crippen LogP contribution >= 0.6 is 11.8 Å². The topological polar surface area (TPSA) is 129 Å². The van der Waals surface area contributed by atoms with Crippen LogP contribution in [0.2, 0.25) is 0 Å². The standard InChI is InChI=1S/C15H13N7O3S/c1-21-15(18-19-20-21)26-13-5-4-11(7-12(13)22(24)25)14(23)17-9-10-3-2-6-16-8-10/h2-8H,9H2,1H3,(H,17,23). The third-order valence-electron chi connectivity index (χ3n) is 3.38. The van der Waals surface area contributed by atoms with Gasteiger partial charge in [0.05, 0.1) is 9.82 Å². The number of carbonyl (C=O) groups excluding carboxylic acids is 1. The van der Waals surface area contributed by atoms with Gasteiger partial charge in [0.15, 0.2) is 0 Å². The molecule has 3 aromatic rings. The molecule has 0 spiro atoms. The van der Waals surface area contributed by atoms with Gasteiger partial charge in [-0.05, 0) is 46.0 Å². The number of pyridine rings is 1. The molecule has 2 heterocycles. The third-order valence-corrected chi connectivity index (χ3v) is 4.47. The summed E-state index contributed by atoms with van der Waals surface area (Å²) in [6.07, 6.45) is 3.27. The number of hydrogen-bond donors (Lipinski definition) is 1. The number of aryl methyl sites for hydroxylation is 1. The maximum absolute atomic E-state index is 12.3. The van der Waals surface area contributed by atoms with Crippen molar-refractivity contribution in [1.82, 2.24) is 30.5 Å². The molecule has 1 N–H and O–H groups in total. The van der Waals surface area contributed by atoms with Crippen LogP contribution < -0.4 is 5.32 Å². The molecule has 0 aliphatic heterocycles. The monoisotopic (exact) mass is 371 g/mol. The van der Waals surface area contributed by atoms with Crippen LogP contribution in [-0.2, 0) is 13.6 Å². The molecule has 0 fully saturated rings. The Balaban J connectivity index is 1.78. The van der Waals surface area contributed by atoms with Crippen LogP contribution in [0.15, 0.2) is 52.8 Å². The van der Waals surface area contributed by atoms with Crippen molar-refractivity contribution in [3.63, 3.8) is 0 Å². The third kappa shape index (κ3) is 4.00. The molecule has 1 amide bonds. The highest BCUT2D eigenvalue weighted by Gasteiger charge is 2.20. The molecule has 26 heavy (non-hydrogen) atoms. The minimum absolute atomic E-state index is 0.188. The average molecular weight is 371 g/mol. The number of tetrazole rings is 1. The van der Waals surface area contributed by atoms with E-state index in [2.05, 4.69) is 25.8 Å². The van der Waals surface area contributed by atoms with Crippen molar-refractivity contribution in [1.29, 1.82) is 0 Å². The number of nitro groups is 1. The molecule has 0 aliphatic rings. The van der Waals surface area contributed by atoms with Gasteiger partial charge in [-0.2, -0.15) is 0 Å². The Morgan fingerprint density at radius 3 is 2.88 bits per heavy atom. The van der Waals surface area contributed by atoms with Crippen molar-refractivity contribution in [2.75, 3.05) is 0 Å². The lowest BCUT2D eigenvalue weighted by Gasteiger charge is -2.07. The maximum Gasteiger partial charge on any atom is 0.284 e. The number of benzene rings is 1. The fraction of sp³-hybridized carbons (Fsp3) is 0.133. The van der Waals surface area contributed by atoms with Crippen molar-refractivity contribution >= 4 is 23.4 Å². The summed E-state index contributed by atoms with van der Waals surface area (Å²) in [5, 5.41) is 25.5. The zero-order valence-electron chi connectivity index (χ0n) is 13.6. The molecular weight excluding hydrogens is 358 g/mol. The molecule has 0 aliphatic carbocycles. The lowest BCUT2D eigenvalue weighted by molar-refractivity contribution is -0.387. The maximum atomic E-state index is 12.3. The molecular formula is C15H13N7O3S. The van der Waals surface area contributed by atoms with E-state index in [-0.39, 0.29) is 17.8 Å². The Morgan fingerprint density at radius 1 is 1.38 bits per heavy atom. The summed E-state index contributed by atoms with van der Waals surface area (Å²) < 4.78 is 1.41. The molecule has 3 rings (SSSR count). The number of nitro benzene ring substituents is 1. The molecule has 0 unspecified atom stereocenters. The van der Waals surface area contributed by atoms with E-state index in [1.54, 1.807) is 25.5 Å². The first-order valence-corrected chi connectivity index (χ1v) is 8.22. The SMILES string of the molecule is Cn1nnnc1Sc1ccc(C(=O)NCc2cccnc2)cc1[N+](=O)[O-]. The van der Waals surface area contributed by atoms with E-state index < -0.39 is 10.8 Å². The van der Waals surface area contributed by atoms with Gasteiger partial charge in [-0.25, -0.2) is 4.68 Å². The molecule has 0 radical (unpaired) electrons. The number of nitrogens with one attached hydrogen (secondary N) is 1. The fourth-order valence-electron chi connectivity index (χ4n) is 2.08. The van der Waals surface area contributed by atoms with Gasteiger partial charge in [-0.3, -0.25) is 19.9 Å². The van der Waals surface area contributed by atoms with Gasteiger partial charge in [0.1, 0.15) is 0 Å². The Kier molecular flexibility index (Phi) is 5.17. The Morgan fingerprint density at radius 2 is 2.23 bits per heavy atom. The Hall–Kier alpha value is -3.34. The minimum atomic E-state index is -0.538. The van der Waals surface area contributed by atoms with Crippen molar-refractivity contribution in [3.05, 3.63) is 64.0 Å². The van der Waals surface area contributed by atoms with Crippen LogP contribution in [0.4, 0.5) is 5.69 Å². The van der Waals surface area contributed by atoms with Gasteiger partial charge in [-0.1, -0.05) is 6.07 Å². The van der Waals surface area contributed by atoms with Crippen LogP contribution in [0.25, 0.3) is 0 Å². The molecule has 132 valence electrons. The van der Waals surface area contributed by atoms with Gasteiger partial charge >= 0.3 is 0 Å². The van der Waals surface area contributed by atoms with Crippen LogP contribution in [0, 0.1) is 10.1 Å². The highest BCUT2D eigenvalue weighted by Crippen LogP contribution is 2.33. The van der Waals surface area contributed by atoms with E-state index >= 15 is 0 Å². The molecule has 0 atom stereocenters. The Bertz CT molecular complexity index is 945. The van der Waals surface area contributed by atoms with Crippen LogP contribution in [0.3, 0.4) is 0 Å². The summed E-state index contributed by atoms with van der Waals surface area (Å²) in [4.78, 5) is 27.4. The smallest absolute Gasteiger partial charge is 0.284 e. The van der Waals surface area contributed by atoms with Gasteiger partial charge in [0.2, 0.25) is 5.16 Å². The molecule has 0 bridgehead atoms. The number of nitrogens with zero attached hydrogens (tertiary/aromatic N) is 6. The molecule has 0 saturated carbocycles. The van der Waals surface area contributed by atoms with E-state index in [0.717, 1.165) is 17.3 Å². The summed E-state index contributed by atoms with van der Waals surface area (Å²) in [5.74, 6) is -0.408. The summed E-state index contributed by atoms with van der Waals surface area (Å²) >= 11 is 1.05. The van der Waals surface area contributed by atoms with E-state index in [9.17, 15) is 14.9 Å². The number of amides is 1. The van der Waals surface area contributed by atoms with Gasteiger partial charge in [0, 0.05) is 37.6 Å². The van der Waals surface area contributed by atoms with Crippen LogP contribution in [0.5, 0.6) is 0 Å². The first-order valence-electron chi connectivity index (χ1n) is 7.40. The van der Waals surface area contributed by atoms with E-state index in [1.165, 1.54) is 22.9 Å². The first-order chi connectivity index (χ1) is 12.5. The predicted molar refractivity (Wildman–Crippen MR) is 91.4 cm³/mol. The lowest BCUT2D eigenvalue weighted by Crippen LogP contribution is -2.22. The second-order valence-electron chi connectivity index (χ2n) is 5.17. The lowest BCUT2D eigenvalue weighted by atomic mass is 10.2. The van der Waals surface area contributed by atoms with Crippen molar-refractivity contribution in [3.8, 4) is 0 Å². The van der Waals surface area contributed by atoms with Gasteiger partial charge in [-0.15, -0.1) is 5.10 Å². The predicted octanol–water partition coefficient (Wildman–Crippen LogP) is 1.59. The minimum Gasteiger partial charge on any atom is -0.348 e. The van der Waals surface area contributed by atoms with E-state index in [4.69, 9.17) is 0 Å². The molecule has 0 saturated heterocycles. The zero-order valence-corrected chi connectivity index (χ0v) is 14.4. The van der Waals surface area contributed by atoms with Gasteiger partial charge < -0.3 is 5.32 Å². The summed E-state index contributed by atoms with van der Waals surface area (Å²) in [7, 11) is 1.63. The number of aromatic nitrogens is 5. The highest BCUT2D eigenvalue weighted by atomic mass is 32.2. The highest BCUT2D eigenvalue weighted by molar-refractivity contribution is 7.99. The number of rotatable bonds is 6. The zero-order chi connectivity index (χ0) is 18.5. The Labute approximate surface area is 151 Å².